The van der Waals surface area contributed by atoms with E-state index in [2.05, 4.69) is 10.2 Å². The summed E-state index contributed by atoms with van der Waals surface area (Å²) >= 11 is 1.48. The van der Waals surface area contributed by atoms with E-state index >= 15 is 0 Å². The van der Waals surface area contributed by atoms with Gasteiger partial charge in [-0.3, -0.25) is 14.9 Å². The van der Waals surface area contributed by atoms with E-state index in [-0.39, 0.29) is 11.7 Å². The number of rotatable bonds is 9. The number of hydrogen-bond acceptors (Lipinski definition) is 8. The van der Waals surface area contributed by atoms with E-state index in [1.54, 1.807) is 12.1 Å². The first-order chi connectivity index (χ1) is 25.8. The van der Waals surface area contributed by atoms with Crippen molar-refractivity contribution in [2.75, 3.05) is 48.0 Å². The number of ether oxygens (including phenoxy) is 2. The molecule has 10 heteroatoms. The molecule has 0 bridgehead atoms. The van der Waals surface area contributed by atoms with Crippen LogP contribution in [0.25, 0.3) is 10.4 Å². The molecule has 1 spiro atoms. The van der Waals surface area contributed by atoms with Gasteiger partial charge in [0.05, 0.1) is 16.3 Å². The summed E-state index contributed by atoms with van der Waals surface area (Å²) in [4.78, 5) is 49.9. The number of nitrogens with zero attached hydrogens (tertiary/aromatic N) is 3. The minimum Gasteiger partial charge on any atom is -0.410 e. The van der Waals surface area contributed by atoms with Gasteiger partial charge in [0.1, 0.15) is 11.6 Å². The average molecular weight is 727 g/mol. The lowest BCUT2D eigenvalue weighted by molar-refractivity contribution is -0.000516. The second-order valence-electron chi connectivity index (χ2n) is 14.3. The van der Waals surface area contributed by atoms with Gasteiger partial charge in [-0.25, -0.2) is 9.78 Å². The summed E-state index contributed by atoms with van der Waals surface area (Å²) in [6, 6.07) is 28.6. The fraction of sp³-hybridized carbons (Fsp3) is 0.302. The van der Waals surface area contributed by atoms with Crippen molar-refractivity contribution in [1.29, 1.82) is 0 Å². The number of benzene rings is 3. The normalized spacial score (nSPS) is 15.9. The molecule has 9 nitrogen and oxygen atoms in total. The Morgan fingerprint density at radius 2 is 1.70 bits per heavy atom. The summed E-state index contributed by atoms with van der Waals surface area (Å²) in [5.74, 6) is 1.35. The Hall–Kier alpha value is -5.32. The van der Waals surface area contributed by atoms with Crippen molar-refractivity contribution in [2.24, 2.45) is 5.41 Å². The van der Waals surface area contributed by atoms with Gasteiger partial charge in [-0.2, -0.15) is 0 Å². The van der Waals surface area contributed by atoms with Crippen molar-refractivity contribution < 1.29 is 23.9 Å². The largest absolute Gasteiger partial charge is 0.417 e. The number of carbonyl (C=O) groups excluding carboxylic acids is 3. The molecular weight excluding hydrogens is 685 g/mol. The summed E-state index contributed by atoms with van der Waals surface area (Å²) in [7, 11) is 0. The number of fused-ring (bicyclic) bond motifs is 3. The number of ketones is 1. The van der Waals surface area contributed by atoms with Crippen molar-refractivity contribution in [2.45, 2.75) is 45.4 Å². The molecule has 2 saturated heterocycles. The number of thiophene rings is 1. The number of hydrogen-bond donors (Lipinski definition) is 1. The third kappa shape index (κ3) is 7.47. The Morgan fingerprint density at radius 1 is 0.943 bits per heavy atom. The summed E-state index contributed by atoms with van der Waals surface area (Å²) in [5, 5.41) is 3.56. The minimum atomic E-state index is -0.545. The number of para-hydroxylation sites is 2. The second kappa shape index (κ2) is 15.0. The summed E-state index contributed by atoms with van der Waals surface area (Å²) in [6.07, 6.45) is 5.98. The number of aryl methyl sites for hydroxylation is 2. The summed E-state index contributed by atoms with van der Waals surface area (Å²) in [5.41, 5.74) is 6.57. The predicted octanol–water partition coefficient (Wildman–Crippen LogP) is 8.75. The molecule has 0 radical (unpaired) electrons. The maximum absolute atomic E-state index is 14.0. The van der Waals surface area contributed by atoms with Crippen LogP contribution >= 0.6 is 11.3 Å². The Balaban J connectivity index is 0.891. The van der Waals surface area contributed by atoms with Crippen LogP contribution in [0.5, 0.6) is 5.75 Å². The third-order valence-electron chi connectivity index (χ3n) is 10.6. The quantitative estimate of drug-likeness (QED) is 0.152. The van der Waals surface area contributed by atoms with E-state index in [0.29, 0.717) is 47.5 Å². The van der Waals surface area contributed by atoms with Crippen molar-refractivity contribution in [3.8, 4) is 16.2 Å². The average Bonchev–Trinajstić information content (AvgIpc) is 3.49. The molecule has 270 valence electrons. The van der Waals surface area contributed by atoms with E-state index in [1.807, 2.05) is 96.9 Å². The molecule has 5 aromatic rings. The van der Waals surface area contributed by atoms with E-state index in [9.17, 15) is 14.4 Å². The van der Waals surface area contributed by atoms with Gasteiger partial charge in [0.15, 0.2) is 5.78 Å². The summed E-state index contributed by atoms with van der Waals surface area (Å²) < 4.78 is 11.0. The van der Waals surface area contributed by atoms with Crippen LogP contribution in [0, 0.1) is 12.3 Å². The monoisotopic (exact) mass is 726 g/mol. The number of carbonyl (C=O) groups is 3. The van der Waals surface area contributed by atoms with E-state index in [0.717, 1.165) is 89.8 Å². The highest BCUT2D eigenvalue weighted by molar-refractivity contribution is 7.19. The van der Waals surface area contributed by atoms with Gasteiger partial charge in [-0.05, 0) is 98.2 Å². The van der Waals surface area contributed by atoms with Gasteiger partial charge < -0.3 is 19.3 Å². The molecule has 2 amide bonds. The van der Waals surface area contributed by atoms with Crippen molar-refractivity contribution in [1.82, 2.24) is 4.98 Å². The molecule has 0 aliphatic carbocycles. The molecule has 5 heterocycles. The lowest BCUT2D eigenvalue weighted by atomic mass is 9.73. The van der Waals surface area contributed by atoms with Crippen LogP contribution in [0.4, 0.5) is 21.3 Å². The molecule has 3 aliphatic rings. The molecule has 8 rings (SSSR count). The van der Waals surface area contributed by atoms with Gasteiger partial charge in [0.2, 0.25) is 0 Å². The first-order valence-corrected chi connectivity index (χ1v) is 19.2. The van der Waals surface area contributed by atoms with Crippen LogP contribution in [0.2, 0.25) is 0 Å². The molecule has 2 fully saturated rings. The standard InChI is InChI=1S/C43H42N4O5S/c1-29-24-35(40(44-26-29)46-27-43(28-46)19-22-51-23-20-43)37(48)13-7-8-30-14-16-31(17-15-30)41(49)47-21-18-32-25-38(45-42(50)52-33-9-3-2-4-10-33)53-39(32)34-11-5-6-12-36(34)47/h2-6,9-12,14-17,24-26H,7-8,13,18-23,27-28H2,1H3,(H,45,50). The molecule has 0 unspecified atom stereocenters. The van der Waals surface area contributed by atoms with Crippen LogP contribution in [-0.2, 0) is 17.6 Å². The van der Waals surface area contributed by atoms with Crippen LogP contribution < -0.4 is 19.9 Å². The maximum atomic E-state index is 14.0. The number of anilines is 3. The zero-order valence-corrected chi connectivity index (χ0v) is 30.6. The van der Waals surface area contributed by atoms with Crippen molar-refractivity contribution >= 4 is 45.6 Å². The highest BCUT2D eigenvalue weighted by Crippen LogP contribution is 2.44. The van der Waals surface area contributed by atoms with Gasteiger partial charge >= 0.3 is 6.09 Å². The number of pyridine rings is 1. The highest BCUT2D eigenvalue weighted by atomic mass is 32.1. The summed E-state index contributed by atoms with van der Waals surface area (Å²) in [6.45, 7) is 5.98. The number of nitrogens with one attached hydrogen (secondary N) is 1. The molecule has 0 atom stereocenters. The first kappa shape index (κ1) is 34.7. The number of Topliss-reactive ketones (excluding diaryl/α,β-unsaturated/α-hetero) is 1. The molecule has 1 N–H and O–H groups in total. The van der Waals surface area contributed by atoms with Crippen LogP contribution in [0.1, 0.15) is 63.1 Å². The Bertz CT molecular complexity index is 2130. The number of amides is 2. The number of aromatic nitrogens is 1. The van der Waals surface area contributed by atoms with E-state index < -0.39 is 6.09 Å². The van der Waals surface area contributed by atoms with Gasteiger partial charge in [0.25, 0.3) is 5.91 Å². The fourth-order valence-corrected chi connectivity index (χ4v) is 8.83. The first-order valence-electron chi connectivity index (χ1n) is 18.3. The fourth-order valence-electron chi connectivity index (χ4n) is 7.70. The molecule has 53 heavy (non-hydrogen) atoms. The van der Waals surface area contributed by atoms with Gasteiger partial charge in [-0.1, -0.05) is 48.5 Å². The SMILES string of the molecule is Cc1cnc(N2CC3(CCOCC3)C2)c(C(=O)CCCc2ccc(C(=O)N3CCc4cc(NC(=O)Oc5ccccc5)sc4-c4ccccc43)cc2)c1. The maximum Gasteiger partial charge on any atom is 0.417 e. The van der Waals surface area contributed by atoms with Crippen LogP contribution in [0.15, 0.2) is 97.2 Å². The molecular formula is C43H42N4O5S. The molecule has 2 aromatic heterocycles. The predicted molar refractivity (Wildman–Crippen MR) is 209 cm³/mol. The Kier molecular flexibility index (Phi) is 9.81. The van der Waals surface area contributed by atoms with E-state index in [1.165, 1.54) is 11.3 Å². The van der Waals surface area contributed by atoms with Gasteiger partial charge in [0, 0.05) is 66.9 Å². The zero-order chi connectivity index (χ0) is 36.4. The smallest absolute Gasteiger partial charge is 0.410 e. The Labute approximate surface area is 313 Å². The second-order valence-corrected chi connectivity index (χ2v) is 15.4. The third-order valence-corrected chi connectivity index (χ3v) is 11.7. The van der Waals surface area contributed by atoms with Crippen molar-refractivity contribution in [3.05, 3.63) is 125 Å². The molecule has 0 saturated carbocycles. The lowest BCUT2D eigenvalue weighted by Crippen LogP contribution is -2.59. The topological polar surface area (TPSA) is 101 Å². The van der Waals surface area contributed by atoms with Crippen molar-refractivity contribution in [3.63, 3.8) is 0 Å². The lowest BCUT2D eigenvalue weighted by Gasteiger charge is -2.53. The zero-order valence-electron chi connectivity index (χ0n) is 29.8. The van der Waals surface area contributed by atoms with Gasteiger partial charge in [-0.15, -0.1) is 11.3 Å². The van der Waals surface area contributed by atoms with Crippen LogP contribution in [-0.4, -0.2) is 55.6 Å². The minimum absolute atomic E-state index is 0.0629. The Morgan fingerprint density at radius 3 is 2.49 bits per heavy atom. The highest BCUT2D eigenvalue weighted by Gasteiger charge is 2.45. The van der Waals surface area contributed by atoms with Crippen LogP contribution in [0.3, 0.4) is 0 Å². The van der Waals surface area contributed by atoms with E-state index in [4.69, 9.17) is 14.5 Å². The molecule has 3 aliphatic heterocycles. The molecule has 3 aromatic carbocycles.